The molecule has 1 aliphatic carbocycles. The lowest BCUT2D eigenvalue weighted by Gasteiger charge is -2.17. The number of likely N-dealkylation sites (N-methyl/N-ethyl adjacent to an activating group) is 1. The molecular weight excluding hydrogens is 269 g/mol. The molecule has 3 unspecified atom stereocenters. The lowest BCUT2D eigenvalue weighted by Crippen LogP contribution is -2.30. The third-order valence-corrected chi connectivity index (χ3v) is 4.28. The Bertz CT molecular complexity index is 380. The second kappa shape index (κ2) is 4.84. The molecule has 0 bridgehead atoms. The molecule has 0 saturated heterocycles. The summed E-state index contributed by atoms with van der Waals surface area (Å²) in [6.07, 6.45) is 2.18. The van der Waals surface area contributed by atoms with E-state index in [2.05, 4.69) is 28.2 Å². The van der Waals surface area contributed by atoms with Crippen LogP contribution in [0, 0.1) is 17.7 Å². The molecule has 88 valence electrons. The molecule has 0 spiro atoms. The first kappa shape index (κ1) is 12.1. The first-order chi connectivity index (χ1) is 7.61. The minimum absolute atomic E-state index is 0.156. The van der Waals surface area contributed by atoms with Crippen molar-refractivity contribution in [3.63, 3.8) is 0 Å². The minimum Gasteiger partial charge on any atom is -0.316 e. The number of nitrogens with one attached hydrogen (secondary N) is 1. The zero-order chi connectivity index (χ0) is 11.7. The van der Waals surface area contributed by atoms with Gasteiger partial charge in [-0.05, 0) is 55.5 Å². The Kier molecular flexibility index (Phi) is 3.65. The first-order valence-corrected chi connectivity index (χ1v) is 6.52. The Morgan fingerprint density at radius 3 is 2.81 bits per heavy atom. The Balaban J connectivity index is 2.09. The van der Waals surface area contributed by atoms with E-state index in [-0.39, 0.29) is 5.82 Å². The van der Waals surface area contributed by atoms with Gasteiger partial charge in [0.15, 0.2) is 0 Å². The van der Waals surface area contributed by atoms with Gasteiger partial charge in [-0.25, -0.2) is 4.39 Å². The van der Waals surface area contributed by atoms with Gasteiger partial charge in [0.25, 0.3) is 0 Å². The van der Waals surface area contributed by atoms with Gasteiger partial charge in [-0.3, -0.25) is 0 Å². The van der Waals surface area contributed by atoms with Crippen molar-refractivity contribution in [3.8, 4) is 0 Å². The molecule has 1 aliphatic rings. The van der Waals surface area contributed by atoms with E-state index in [1.807, 2.05) is 7.05 Å². The van der Waals surface area contributed by atoms with Crippen molar-refractivity contribution < 1.29 is 4.39 Å². The summed E-state index contributed by atoms with van der Waals surface area (Å²) in [6.45, 7) is 2.27. The average Bonchev–Trinajstić information content (AvgIpc) is 2.97. The number of halogens is 2. The van der Waals surface area contributed by atoms with Crippen LogP contribution in [0.4, 0.5) is 4.39 Å². The van der Waals surface area contributed by atoms with Gasteiger partial charge in [-0.15, -0.1) is 0 Å². The molecular formula is C13H17BrFN. The second-order valence-electron chi connectivity index (χ2n) is 4.71. The standard InChI is InChI=1S/C13H17BrFN/c1-8-5-11(8)13(16-2)7-9-6-10(15)3-4-12(9)14/h3-4,6,8,11,13,16H,5,7H2,1-2H3. The fraction of sp³-hybridized carbons (Fsp3) is 0.538. The minimum atomic E-state index is -0.156. The molecule has 3 heteroatoms. The summed E-state index contributed by atoms with van der Waals surface area (Å²) < 4.78 is 14.2. The lowest BCUT2D eigenvalue weighted by molar-refractivity contribution is 0.477. The highest BCUT2D eigenvalue weighted by Crippen LogP contribution is 2.41. The molecule has 0 aliphatic heterocycles. The predicted molar refractivity (Wildman–Crippen MR) is 67.9 cm³/mol. The van der Waals surface area contributed by atoms with Gasteiger partial charge in [0.05, 0.1) is 0 Å². The van der Waals surface area contributed by atoms with E-state index >= 15 is 0 Å². The van der Waals surface area contributed by atoms with Crippen LogP contribution in [-0.2, 0) is 6.42 Å². The highest BCUT2D eigenvalue weighted by Gasteiger charge is 2.38. The van der Waals surface area contributed by atoms with Crippen LogP contribution < -0.4 is 5.32 Å². The summed E-state index contributed by atoms with van der Waals surface area (Å²) in [7, 11) is 1.99. The van der Waals surface area contributed by atoms with Gasteiger partial charge in [0.1, 0.15) is 5.82 Å². The van der Waals surface area contributed by atoms with Crippen LogP contribution in [-0.4, -0.2) is 13.1 Å². The van der Waals surface area contributed by atoms with Crippen LogP contribution >= 0.6 is 15.9 Å². The van der Waals surface area contributed by atoms with Crippen LogP contribution in [0.5, 0.6) is 0 Å². The van der Waals surface area contributed by atoms with Crippen LogP contribution in [0.3, 0.4) is 0 Å². The van der Waals surface area contributed by atoms with E-state index in [0.717, 1.165) is 28.3 Å². The first-order valence-electron chi connectivity index (χ1n) is 5.73. The molecule has 0 radical (unpaired) electrons. The highest BCUT2D eigenvalue weighted by molar-refractivity contribution is 9.10. The van der Waals surface area contributed by atoms with E-state index < -0.39 is 0 Å². The van der Waals surface area contributed by atoms with E-state index in [0.29, 0.717) is 6.04 Å². The number of hydrogen-bond donors (Lipinski definition) is 1. The number of hydrogen-bond acceptors (Lipinski definition) is 1. The summed E-state index contributed by atoms with van der Waals surface area (Å²) in [4.78, 5) is 0. The summed E-state index contributed by atoms with van der Waals surface area (Å²) in [5.74, 6) is 1.40. The van der Waals surface area contributed by atoms with Crippen molar-refractivity contribution in [2.45, 2.75) is 25.8 Å². The largest absolute Gasteiger partial charge is 0.316 e. The Morgan fingerprint density at radius 2 is 2.25 bits per heavy atom. The maximum Gasteiger partial charge on any atom is 0.123 e. The molecule has 1 N–H and O–H groups in total. The molecule has 1 aromatic rings. The summed E-state index contributed by atoms with van der Waals surface area (Å²) >= 11 is 3.48. The quantitative estimate of drug-likeness (QED) is 0.894. The van der Waals surface area contributed by atoms with E-state index in [9.17, 15) is 4.39 Å². The van der Waals surface area contributed by atoms with Gasteiger partial charge < -0.3 is 5.32 Å². The molecule has 1 nitrogen and oxygen atoms in total. The second-order valence-corrected chi connectivity index (χ2v) is 5.57. The Hall–Kier alpha value is -0.410. The van der Waals surface area contributed by atoms with E-state index in [1.165, 1.54) is 12.5 Å². The van der Waals surface area contributed by atoms with Crippen molar-refractivity contribution in [2.24, 2.45) is 11.8 Å². The molecule has 0 amide bonds. The van der Waals surface area contributed by atoms with Gasteiger partial charge in [0.2, 0.25) is 0 Å². The highest BCUT2D eigenvalue weighted by atomic mass is 79.9. The molecule has 0 aromatic heterocycles. The monoisotopic (exact) mass is 285 g/mol. The zero-order valence-corrected chi connectivity index (χ0v) is 11.2. The number of benzene rings is 1. The summed E-state index contributed by atoms with van der Waals surface area (Å²) in [6, 6.07) is 5.37. The van der Waals surface area contributed by atoms with Crippen molar-refractivity contribution in [1.82, 2.24) is 5.32 Å². The van der Waals surface area contributed by atoms with E-state index in [4.69, 9.17) is 0 Å². The molecule has 2 rings (SSSR count). The third kappa shape index (κ3) is 2.64. The predicted octanol–water partition coefficient (Wildman–Crippen LogP) is 3.37. The van der Waals surface area contributed by atoms with Crippen LogP contribution in [0.15, 0.2) is 22.7 Å². The molecule has 1 saturated carbocycles. The molecule has 16 heavy (non-hydrogen) atoms. The zero-order valence-electron chi connectivity index (χ0n) is 9.63. The fourth-order valence-corrected chi connectivity index (χ4v) is 2.72. The number of rotatable bonds is 4. The van der Waals surface area contributed by atoms with Crippen LogP contribution in [0.25, 0.3) is 0 Å². The molecule has 1 fully saturated rings. The van der Waals surface area contributed by atoms with Crippen molar-refractivity contribution in [1.29, 1.82) is 0 Å². The smallest absolute Gasteiger partial charge is 0.123 e. The fourth-order valence-electron chi connectivity index (χ4n) is 2.32. The summed E-state index contributed by atoms with van der Waals surface area (Å²) in [5, 5.41) is 3.35. The summed E-state index contributed by atoms with van der Waals surface area (Å²) in [5.41, 5.74) is 1.05. The van der Waals surface area contributed by atoms with Crippen molar-refractivity contribution in [2.75, 3.05) is 7.05 Å². The van der Waals surface area contributed by atoms with Crippen molar-refractivity contribution in [3.05, 3.63) is 34.1 Å². The van der Waals surface area contributed by atoms with Gasteiger partial charge in [-0.2, -0.15) is 0 Å². The van der Waals surface area contributed by atoms with Crippen LogP contribution in [0.2, 0.25) is 0 Å². The normalized spacial score (nSPS) is 25.5. The maximum atomic E-state index is 13.2. The lowest BCUT2D eigenvalue weighted by atomic mass is 10.0. The van der Waals surface area contributed by atoms with Crippen LogP contribution in [0.1, 0.15) is 18.9 Å². The van der Waals surface area contributed by atoms with E-state index in [1.54, 1.807) is 12.1 Å². The third-order valence-electron chi connectivity index (χ3n) is 3.51. The Labute approximate surface area is 105 Å². The molecule has 0 heterocycles. The van der Waals surface area contributed by atoms with Gasteiger partial charge in [-0.1, -0.05) is 22.9 Å². The average molecular weight is 286 g/mol. The maximum absolute atomic E-state index is 13.2. The van der Waals surface area contributed by atoms with Gasteiger partial charge >= 0.3 is 0 Å². The topological polar surface area (TPSA) is 12.0 Å². The SMILES string of the molecule is CNC(Cc1cc(F)ccc1Br)C1CC1C. The molecule has 3 atom stereocenters. The van der Waals surface area contributed by atoms with Crippen molar-refractivity contribution >= 4 is 15.9 Å². The van der Waals surface area contributed by atoms with Gasteiger partial charge in [0, 0.05) is 10.5 Å². The Morgan fingerprint density at radius 1 is 1.56 bits per heavy atom. The molecule has 1 aromatic carbocycles.